The topological polar surface area (TPSA) is 0 Å². The summed E-state index contributed by atoms with van der Waals surface area (Å²) in [5, 5.41) is 0.882. The maximum atomic E-state index is 13.2. The minimum Gasteiger partial charge on any atom is -0.207 e. The highest BCUT2D eigenvalue weighted by Gasteiger charge is 2.11. The zero-order chi connectivity index (χ0) is 13.0. The first-order chi connectivity index (χ1) is 8.69. The van der Waals surface area contributed by atoms with Crippen molar-refractivity contribution in [3.63, 3.8) is 0 Å². The molecule has 0 N–H and O–H groups in total. The van der Waals surface area contributed by atoms with Gasteiger partial charge < -0.3 is 0 Å². The van der Waals surface area contributed by atoms with Gasteiger partial charge in [0.25, 0.3) is 0 Å². The molecule has 0 saturated heterocycles. The Morgan fingerprint density at radius 2 is 1.83 bits per heavy atom. The Balaban J connectivity index is 2.17. The first-order valence-corrected chi connectivity index (χ1v) is 7.18. The number of hydrogen-bond donors (Lipinski definition) is 0. The van der Waals surface area contributed by atoms with Gasteiger partial charge in [-0.15, -0.1) is 0 Å². The van der Waals surface area contributed by atoms with Crippen LogP contribution in [0.4, 0.5) is 4.39 Å². The molecule has 0 bridgehead atoms. The van der Waals surface area contributed by atoms with E-state index in [1.54, 1.807) is 12.1 Å². The summed E-state index contributed by atoms with van der Waals surface area (Å²) < 4.78 is 13.2. The molecule has 0 heterocycles. The minimum absolute atomic E-state index is 0.162. The molecule has 0 saturated carbocycles. The van der Waals surface area contributed by atoms with Crippen LogP contribution in [0.2, 0.25) is 0 Å². The summed E-state index contributed by atoms with van der Waals surface area (Å²) in [5.74, 6) is 0.220. The van der Waals surface area contributed by atoms with Gasteiger partial charge >= 0.3 is 0 Å². The number of alkyl halides is 1. The molecule has 18 heavy (non-hydrogen) atoms. The molecule has 1 atom stereocenters. The molecule has 0 aliphatic rings. The van der Waals surface area contributed by atoms with Crippen LogP contribution in [0.15, 0.2) is 48.5 Å². The Hall–Kier alpha value is -1.15. The average molecular weight is 307 g/mol. The summed E-state index contributed by atoms with van der Waals surface area (Å²) in [6.07, 6.45) is 0.853. The van der Waals surface area contributed by atoms with Crippen LogP contribution in [0.25, 0.3) is 0 Å². The summed E-state index contributed by atoms with van der Waals surface area (Å²) in [4.78, 5) is 0. The minimum atomic E-state index is -0.162. The summed E-state index contributed by atoms with van der Waals surface area (Å²) in [6.45, 7) is 2.08. The van der Waals surface area contributed by atoms with Crippen molar-refractivity contribution in [2.45, 2.75) is 19.3 Å². The quantitative estimate of drug-likeness (QED) is 0.708. The van der Waals surface area contributed by atoms with Crippen molar-refractivity contribution in [3.05, 3.63) is 71.0 Å². The third kappa shape index (κ3) is 3.42. The SMILES string of the molecule is Cc1ccc(C(CBr)Cc2cccc(F)c2)cc1. The van der Waals surface area contributed by atoms with Crippen LogP contribution in [-0.4, -0.2) is 5.33 Å². The second-order valence-corrected chi connectivity index (χ2v) is 5.24. The summed E-state index contributed by atoms with van der Waals surface area (Å²) in [5.41, 5.74) is 3.60. The van der Waals surface area contributed by atoms with Gasteiger partial charge in [-0.2, -0.15) is 0 Å². The van der Waals surface area contributed by atoms with Crippen molar-refractivity contribution in [1.82, 2.24) is 0 Å². The number of aryl methyl sites for hydroxylation is 1. The Morgan fingerprint density at radius 3 is 2.44 bits per heavy atom. The lowest BCUT2D eigenvalue weighted by molar-refractivity contribution is 0.623. The van der Waals surface area contributed by atoms with Crippen molar-refractivity contribution in [3.8, 4) is 0 Å². The van der Waals surface area contributed by atoms with E-state index in [9.17, 15) is 4.39 Å². The zero-order valence-electron chi connectivity index (χ0n) is 10.4. The Morgan fingerprint density at radius 1 is 1.11 bits per heavy atom. The molecule has 0 amide bonds. The predicted molar refractivity (Wildman–Crippen MR) is 77.8 cm³/mol. The molecular formula is C16H16BrF. The van der Waals surface area contributed by atoms with Crippen molar-refractivity contribution in [2.75, 3.05) is 5.33 Å². The van der Waals surface area contributed by atoms with Crippen LogP contribution in [0, 0.1) is 12.7 Å². The Kier molecular flexibility index (Phi) is 4.54. The number of benzene rings is 2. The lowest BCUT2D eigenvalue weighted by atomic mass is 9.93. The fourth-order valence-electron chi connectivity index (χ4n) is 2.05. The molecule has 94 valence electrons. The van der Waals surface area contributed by atoms with Gasteiger partial charge in [-0.3, -0.25) is 0 Å². The monoisotopic (exact) mass is 306 g/mol. The number of rotatable bonds is 4. The van der Waals surface area contributed by atoms with Gasteiger partial charge in [0.2, 0.25) is 0 Å². The van der Waals surface area contributed by atoms with Crippen LogP contribution in [0.1, 0.15) is 22.6 Å². The molecule has 0 aliphatic heterocycles. The van der Waals surface area contributed by atoms with Gasteiger partial charge in [0.1, 0.15) is 5.82 Å². The van der Waals surface area contributed by atoms with E-state index in [0.29, 0.717) is 5.92 Å². The largest absolute Gasteiger partial charge is 0.207 e. The summed E-state index contributed by atoms with van der Waals surface area (Å²) in [7, 11) is 0. The van der Waals surface area contributed by atoms with Crippen LogP contribution < -0.4 is 0 Å². The number of halogens is 2. The molecule has 0 aromatic heterocycles. The van der Waals surface area contributed by atoms with E-state index in [1.165, 1.54) is 17.2 Å². The second-order valence-electron chi connectivity index (χ2n) is 4.60. The van der Waals surface area contributed by atoms with E-state index < -0.39 is 0 Å². The van der Waals surface area contributed by atoms with Gasteiger partial charge in [-0.1, -0.05) is 57.9 Å². The van der Waals surface area contributed by atoms with E-state index in [2.05, 4.69) is 47.1 Å². The van der Waals surface area contributed by atoms with Gasteiger partial charge in [0.05, 0.1) is 0 Å². The average Bonchev–Trinajstić information content (AvgIpc) is 2.37. The van der Waals surface area contributed by atoms with Crippen LogP contribution in [0.5, 0.6) is 0 Å². The van der Waals surface area contributed by atoms with E-state index in [-0.39, 0.29) is 5.82 Å². The third-order valence-corrected chi connectivity index (χ3v) is 3.89. The fraction of sp³-hybridized carbons (Fsp3) is 0.250. The molecule has 0 spiro atoms. The van der Waals surface area contributed by atoms with Crippen molar-refractivity contribution in [1.29, 1.82) is 0 Å². The van der Waals surface area contributed by atoms with Crippen LogP contribution in [-0.2, 0) is 6.42 Å². The highest BCUT2D eigenvalue weighted by atomic mass is 79.9. The standard InChI is InChI=1S/C16H16BrF/c1-12-5-7-14(8-6-12)15(11-17)9-13-3-2-4-16(18)10-13/h2-8,10,15H,9,11H2,1H3. The molecule has 0 nitrogen and oxygen atoms in total. The molecule has 1 unspecified atom stereocenters. The molecule has 2 aromatic rings. The van der Waals surface area contributed by atoms with Crippen molar-refractivity contribution in [2.24, 2.45) is 0 Å². The fourth-order valence-corrected chi connectivity index (χ4v) is 2.65. The molecule has 0 radical (unpaired) electrons. The molecule has 2 aromatic carbocycles. The van der Waals surface area contributed by atoms with Gasteiger partial charge in [-0.25, -0.2) is 4.39 Å². The maximum absolute atomic E-state index is 13.2. The summed E-state index contributed by atoms with van der Waals surface area (Å²) in [6, 6.07) is 15.4. The van der Waals surface area contributed by atoms with Crippen LogP contribution >= 0.6 is 15.9 Å². The highest BCUT2D eigenvalue weighted by Crippen LogP contribution is 2.23. The summed E-state index contributed by atoms with van der Waals surface area (Å²) >= 11 is 3.55. The Bertz CT molecular complexity index is 505. The second kappa shape index (κ2) is 6.14. The normalized spacial score (nSPS) is 12.4. The molecule has 0 aliphatic carbocycles. The lowest BCUT2D eigenvalue weighted by Gasteiger charge is -2.15. The van der Waals surface area contributed by atoms with E-state index in [4.69, 9.17) is 0 Å². The predicted octanol–water partition coefficient (Wildman–Crippen LogP) is 4.86. The van der Waals surface area contributed by atoms with E-state index >= 15 is 0 Å². The zero-order valence-corrected chi connectivity index (χ0v) is 12.0. The maximum Gasteiger partial charge on any atom is 0.123 e. The van der Waals surface area contributed by atoms with Gasteiger partial charge in [0, 0.05) is 5.33 Å². The van der Waals surface area contributed by atoms with Gasteiger partial charge in [-0.05, 0) is 42.5 Å². The first-order valence-electron chi connectivity index (χ1n) is 6.06. The smallest absolute Gasteiger partial charge is 0.123 e. The van der Waals surface area contributed by atoms with Crippen LogP contribution in [0.3, 0.4) is 0 Å². The highest BCUT2D eigenvalue weighted by molar-refractivity contribution is 9.09. The molecule has 0 fully saturated rings. The Labute approximate surface area is 116 Å². The molecular weight excluding hydrogens is 291 g/mol. The first kappa shape index (κ1) is 13.3. The van der Waals surface area contributed by atoms with Gasteiger partial charge in [0.15, 0.2) is 0 Å². The molecule has 2 heteroatoms. The van der Waals surface area contributed by atoms with E-state index in [1.807, 2.05) is 6.07 Å². The van der Waals surface area contributed by atoms with Crippen molar-refractivity contribution < 1.29 is 4.39 Å². The molecule has 2 rings (SSSR count). The number of hydrogen-bond acceptors (Lipinski definition) is 0. The van der Waals surface area contributed by atoms with Crippen molar-refractivity contribution >= 4 is 15.9 Å². The van der Waals surface area contributed by atoms with E-state index in [0.717, 1.165) is 17.3 Å². The third-order valence-electron chi connectivity index (χ3n) is 3.11. The lowest BCUT2D eigenvalue weighted by Crippen LogP contribution is -2.04.